The Morgan fingerprint density at radius 2 is 2.19 bits per heavy atom. The van der Waals surface area contributed by atoms with E-state index in [9.17, 15) is 8.42 Å². The number of rotatable bonds is 5. The first kappa shape index (κ1) is 16.2. The van der Waals surface area contributed by atoms with Crippen LogP contribution in [0.2, 0.25) is 0 Å². The number of nitrogens with zero attached hydrogens (tertiary/aromatic N) is 1. The van der Waals surface area contributed by atoms with Gasteiger partial charge in [-0.05, 0) is 47.5 Å². The van der Waals surface area contributed by atoms with Crippen molar-refractivity contribution >= 4 is 26.0 Å². The van der Waals surface area contributed by atoms with E-state index in [1.54, 1.807) is 26.0 Å². The molecule has 0 aliphatic rings. The van der Waals surface area contributed by atoms with Crippen LogP contribution in [0.5, 0.6) is 0 Å². The van der Waals surface area contributed by atoms with Gasteiger partial charge < -0.3 is 9.52 Å². The zero-order valence-electron chi connectivity index (χ0n) is 11.5. The highest BCUT2D eigenvalue weighted by atomic mass is 79.9. The van der Waals surface area contributed by atoms with Crippen molar-refractivity contribution in [3.63, 3.8) is 0 Å². The zero-order chi connectivity index (χ0) is 15.6. The molecule has 2 rings (SSSR count). The molecule has 8 heteroatoms. The molecule has 2 aromatic rings. The standard InChI is InChI=1S/C13H15BrN2O4S/c1-8-6-15-13(20-8)9(2)16-21(18,19)12-5-10(7-17)3-4-11(12)14/h3-6,9,16-17H,7H2,1-2H3. The molecule has 0 saturated carbocycles. The lowest BCUT2D eigenvalue weighted by molar-refractivity contribution is 0.281. The molecule has 1 aromatic heterocycles. The maximum Gasteiger partial charge on any atom is 0.242 e. The summed E-state index contributed by atoms with van der Waals surface area (Å²) in [6.45, 7) is 3.15. The van der Waals surface area contributed by atoms with Gasteiger partial charge in [0.2, 0.25) is 15.9 Å². The lowest BCUT2D eigenvalue weighted by atomic mass is 10.2. The topological polar surface area (TPSA) is 92.4 Å². The maximum absolute atomic E-state index is 12.4. The molecule has 0 spiro atoms. The summed E-state index contributed by atoms with van der Waals surface area (Å²) in [5.74, 6) is 0.907. The average Bonchev–Trinajstić information content (AvgIpc) is 2.85. The van der Waals surface area contributed by atoms with Crippen LogP contribution in [0.4, 0.5) is 0 Å². The molecule has 21 heavy (non-hydrogen) atoms. The summed E-state index contributed by atoms with van der Waals surface area (Å²) in [4.78, 5) is 4.06. The monoisotopic (exact) mass is 374 g/mol. The highest BCUT2D eigenvalue weighted by molar-refractivity contribution is 9.10. The Balaban J connectivity index is 2.30. The van der Waals surface area contributed by atoms with Gasteiger partial charge in [0.05, 0.1) is 23.7 Å². The van der Waals surface area contributed by atoms with Crippen molar-refractivity contribution in [2.75, 3.05) is 0 Å². The number of aliphatic hydroxyl groups excluding tert-OH is 1. The van der Waals surface area contributed by atoms with E-state index in [0.717, 1.165) is 0 Å². The molecule has 1 heterocycles. The van der Waals surface area contributed by atoms with E-state index in [1.807, 2.05) is 0 Å². The van der Waals surface area contributed by atoms with Gasteiger partial charge in [0.15, 0.2) is 0 Å². The van der Waals surface area contributed by atoms with Gasteiger partial charge >= 0.3 is 0 Å². The average molecular weight is 375 g/mol. The first-order valence-corrected chi connectivity index (χ1v) is 8.45. The highest BCUT2D eigenvalue weighted by Crippen LogP contribution is 2.25. The van der Waals surface area contributed by atoms with Crippen molar-refractivity contribution < 1.29 is 17.9 Å². The van der Waals surface area contributed by atoms with E-state index in [-0.39, 0.29) is 11.5 Å². The van der Waals surface area contributed by atoms with Crippen molar-refractivity contribution in [1.82, 2.24) is 9.71 Å². The van der Waals surface area contributed by atoms with Crippen LogP contribution < -0.4 is 4.72 Å². The van der Waals surface area contributed by atoms with E-state index in [0.29, 0.717) is 21.7 Å². The van der Waals surface area contributed by atoms with E-state index in [2.05, 4.69) is 25.6 Å². The molecular formula is C13H15BrN2O4S. The van der Waals surface area contributed by atoms with Crippen LogP contribution in [0.3, 0.4) is 0 Å². The van der Waals surface area contributed by atoms with Gasteiger partial charge in [0.1, 0.15) is 5.76 Å². The number of aryl methyl sites for hydroxylation is 1. The fourth-order valence-corrected chi connectivity index (χ4v) is 3.98. The second-order valence-corrected chi connectivity index (χ2v) is 7.11. The van der Waals surface area contributed by atoms with Crippen LogP contribution in [-0.2, 0) is 16.6 Å². The fraction of sp³-hybridized carbons (Fsp3) is 0.308. The smallest absolute Gasteiger partial charge is 0.242 e. The molecule has 0 aliphatic heterocycles. The quantitative estimate of drug-likeness (QED) is 0.837. The molecule has 1 aromatic carbocycles. The lowest BCUT2D eigenvalue weighted by Gasteiger charge is -2.13. The Morgan fingerprint density at radius 1 is 1.48 bits per heavy atom. The minimum absolute atomic E-state index is 0.0594. The molecule has 0 bridgehead atoms. The maximum atomic E-state index is 12.4. The SMILES string of the molecule is Cc1cnc(C(C)NS(=O)(=O)c2cc(CO)ccc2Br)o1. The Kier molecular flexibility index (Phi) is 4.82. The number of aromatic nitrogens is 1. The third kappa shape index (κ3) is 3.70. The summed E-state index contributed by atoms with van der Waals surface area (Å²) in [6, 6.07) is 4.04. The largest absolute Gasteiger partial charge is 0.444 e. The molecule has 0 amide bonds. The number of hydrogen-bond acceptors (Lipinski definition) is 5. The first-order valence-electron chi connectivity index (χ1n) is 6.17. The molecule has 0 fully saturated rings. The second-order valence-electron chi connectivity index (χ2n) is 4.58. The third-order valence-corrected chi connectivity index (χ3v) is 5.34. The van der Waals surface area contributed by atoms with E-state index in [4.69, 9.17) is 9.52 Å². The molecule has 0 aliphatic carbocycles. The van der Waals surface area contributed by atoms with Crippen LogP contribution in [0.25, 0.3) is 0 Å². The summed E-state index contributed by atoms with van der Waals surface area (Å²) in [5.41, 5.74) is 0.512. The molecule has 114 valence electrons. The summed E-state index contributed by atoms with van der Waals surface area (Å²) >= 11 is 3.21. The van der Waals surface area contributed by atoms with E-state index >= 15 is 0 Å². The minimum Gasteiger partial charge on any atom is -0.444 e. The molecule has 1 atom stereocenters. The van der Waals surface area contributed by atoms with E-state index in [1.165, 1.54) is 12.3 Å². The predicted octanol–water partition coefficient (Wildman–Crippen LogP) is 2.28. The third-order valence-electron chi connectivity index (χ3n) is 2.81. The predicted molar refractivity (Wildman–Crippen MR) is 80.0 cm³/mol. The summed E-state index contributed by atoms with van der Waals surface area (Å²) in [7, 11) is -3.77. The zero-order valence-corrected chi connectivity index (χ0v) is 13.9. The molecule has 0 radical (unpaired) electrons. The van der Waals surface area contributed by atoms with Gasteiger partial charge in [-0.3, -0.25) is 0 Å². The summed E-state index contributed by atoms with van der Waals surface area (Å²) in [5, 5.41) is 9.13. The molecule has 1 unspecified atom stereocenters. The number of aliphatic hydroxyl groups is 1. The Morgan fingerprint density at radius 3 is 2.76 bits per heavy atom. The molecule has 6 nitrogen and oxygen atoms in total. The minimum atomic E-state index is -3.77. The van der Waals surface area contributed by atoms with Gasteiger partial charge in [-0.25, -0.2) is 13.4 Å². The van der Waals surface area contributed by atoms with Crippen molar-refractivity contribution in [3.8, 4) is 0 Å². The fourth-order valence-electron chi connectivity index (χ4n) is 1.77. The van der Waals surface area contributed by atoms with Crippen LogP contribution in [-0.4, -0.2) is 18.5 Å². The van der Waals surface area contributed by atoms with Crippen molar-refractivity contribution in [2.45, 2.75) is 31.4 Å². The van der Waals surface area contributed by atoms with Crippen LogP contribution in [0, 0.1) is 6.92 Å². The van der Waals surface area contributed by atoms with Gasteiger partial charge in [0.25, 0.3) is 0 Å². The van der Waals surface area contributed by atoms with Gasteiger partial charge in [-0.15, -0.1) is 0 Å². The van der Waals surface area contributed by atoms with Gasteiger partial charge in [0, 0.05) is 4.47 Å². The highest BCUT2D eigenvalue weighted by Gasteiger charge is 2.23. The number of hydrogen-bond donors (Lipinski definition) is 2. The number of halogens is 1. The van der Waals surface area contributed by atoms with Crippen molar-refractivity contribution in [2.24, 2.45) is 0 Å². The number of benzene rings is 1. The Labute approximate surface area is 131 Å². The number of nitrogens with one attached hydrogen (secondary N) is 1. The normalized spacial score (nSPS) is 13.3. The van der Waals surface area contributed by atoms with Crippen molar-refractivity contribution in [3.05, 3.63) is 46.1 Å². The second kappa shape index (κ2) is 6.27. The van der Waals surface area contributed by atoms with Crippen LogP contribution in [0.15, 0.2) is 38.2 Å². The first-order chi connectivity index (χ1) is 9.83. The molecule has 2 N–H and O–H groups in total. The van der Waals surface area contributed by atoms with Crippen molar-refractivity contribution in [1.29, 1.82) is 0 Å². The van der Waals surface area contributed by atoms with Crippen LogP contribution in [0.1, 0.15) is 30.2 Å². The Hall–Kier alpha value is -1.22. The molecule has 0 saturated heterocycles. The lowest BCUT2D eigenvalue weighted by Crippen LogP contribution is -2.27. The number of oxazole rings is 1. The summed E-state index contributed by atoms with van der Waals surface area (Å²) in [6.07, 6.45) is 1.53. The van der Waals surface area contributed by atoms with Gasteiger partial charge in [-0.2, -0.15) is 4.72 Å². The van der Waals surface area contributed by atoms with Gasteiger partial charge in [-0.1, -0.05) is 6.07 Å². The Bertz CT molecular complexity index is 742. The van der Waals surface area contributed by atoms with E-state index < -0.39 is 16.1 Å². The number of sulfonamides is 1. The van der Waals surface area contributed by atoms with Crippen LogP contribution >= 0.6 is 15.9 Å². The molecular weight excluding hydrogens is 360 g/mol. The summed E-state index contributed by atoms with van der Waals surface area (Å²) < 4.78 is 33.1.